The number of cyclic esters (lactones) is 1. The Morgan fingerprint density at radius 2 is 1.97 bits per heavy atom. The van der Waals surface area contributed by atoms with Crippen LogP contribution in [0.25, 0.3) is 0 Å². The van der Waals surface area contributed by atoms with Crippen LogP contribution in [0.4, 0.5) is 0 Å². The van der Waals surface area contributed by atoms with Crippen LogP contribution in [0.1, 0.15) is 59.3 Å². The highest BCUT2D eigenvalue weighted by Gasteiger charge is 2.82. The van der Waals surface area contributed by atoms with E-state index in [0.29, 0.717) is 24.8 Å². The van der Waals surface area contributed by atoms with Gasteiger partial charge in [0.2, 0.25) is 0 Å². The molecule has 9 nitrogen and oxygen atoms in total. The Kier molecular flexibility index (Phi) is 5.85. The van der Waals surface area contributed by atoms with Gasteiger partial charge in [-0.1, -0.05) is 24.6 Å². The van der Waals surface area contributed by atoms with Gasteiger partial charge in [-0.05, 0) is 51.5 Å². The minimum absolute atomic E-state index is 0.0245. The van der Waals surface area contributed by atoms with Crippen molar-refractivity contribution in [2.45, 2.75) is 94.9 Å². The standard InChI is InChI=1S/C29H36O9/c1-16-7-10-27-15-35-23(32)12-18-8-11-36-28(17(2)30,24(18)33)9-5-4-6-22(31)37-20-13-21-29(34,26(20,27)3)14-19(16)25(27)38-21/h4,6-7,12,19-21,24-25,33-34H,5,8-11,13-15H2,1-3H3/b6-4-,18-12+/t19-,20+,21+,24+,25+,26+,27+,28+,29-/m0/s1. The zero-order valence-electron chi connectivity index (χ0n) is 22.1. The highest BCUT2D eigenvalue weighted by molar-refractivity contribution is 5.88. The van der Waals surface area contributed by atoms with Crippen LogP contribution in [-0.2, 0) is 33.3 Å². The number of carbonyl (C=O) groups is 3. The van der Waals surface area contributed by atoms with Crippen LogP contribution >= 0.6 is 0 Å². The SMILES string of the molecule is CC(=O)[C@@]12CC/C=C\C(=O)O[C@@H]3C[C@H]4O[C@@H]5[C@H]6C[C@@]4(O)[C@@]3(C)[C@]5(CC=C6C)COC(=O)/C=C(\CCO1)[C@H]2O. The van der Waals surface area contributed by atoms with Crippen LogP contribution in [0.3, 0.4) is 0 Å². The number of Topliss-reactive ketones (excluding diaryl/α,β-unsaturated/α-hetero) is 1. The van der Waals surface area contributed by atoms with Crippen molar-refractivity contribution < 1.29 is 43.5 Å². The van der Waals surface area contributed by atoms with Crippen molar-refractivity contribution in [2.24, 2.45) is 16.7 Å². The molecule has 1 spiro atoms. The van der Waals surface area contributed by atoms with Gasteiger partial charge in [-0.15, -0.1) is 0 Å². The minimum Gasteiger partial charge on any atom is -0.462 e. The van der Waals surface area contributed by atoms with Crippen molar-refractivity contribution in [3.05, 3.63) is 35.5 Å². The number of aliphatic hydroxyl groups excluding tert-OH is 1. The molecule has 9 heteroatoms. The predicted octanol–water partition coefficient (Wildman–Crippen LogP) is 2.09. The zero-order chi connectivity index (χ0) is 27.1. The van der Waals surface area contributed by atoms with Crippen molar-refractivity contribution in [1.82, 2.24) is 0 Å². The minimum atomic E-state index is -1.51. The summed E-state index contributed by atoms with van der Waals surface area (Å²) >= 11 is 0. The first-order valence-electron chi connectivity index (χ1n) is 13.6. The van der Waals surface area contributed by atoms with E-state index in [9.17, 15) is 24.6 Å². The van der Waals surface area contributed by atoms with Crippen LogP contribution in [0.15, 0.2) is 35.5 Å². The van der Waals surface area contributed by atoms with Gasteiger partial charge in [0.25, 0.3) is 0 Å². The average molecular weight is 529 g/mol. The third-order valence-electron chi connectivity index (χ3n) is 10.8. The number of hydrogen-bond donors (Lipinski definition) is 2. The molecule has 9 atom stereocenters. The summed E-state index contributed by atoms with van der Waals surface area (Å²) in [6.07, 6.45) is 5.69. The molecular formula is C29H36O9. The fraction of sp³-hybridized carbons (Fsp3) is 0.690. The molecule has 7 aliphatic rings. The summed E-state index contributed by atoms with van der Waals surface area (Å²) in [5, 5.41) is 23.3. The quantitative estimate of drug-likeness (QED) is 0.388. The van der Waals surface area contributed by atoms with Gasteiger partial charge in [-0.25, -0.2) is 9.59 Å². The van der Waals surface area contributed by atoms with E-state index in [-0.39, 0.29) is 50.3 Å². The van der Waals surface area contributed by atoms with Crippen LogP contribution in [0, 0.1) is 16.7 Å². The zero-order valence-corrected chi connectivity index (χ0v) is 22.1. The summed E-state index contributed by atoms with van der Waals surface area (Å²) in [7, 11) is 0. The molecular weight excluding hydrogens is 492 g/mol. The number of carbonyl (C=O) groups excluding carboxylic acids is 3. The van der Waals surface area contributed by atoms with E-state index < -0.39 is 52.3 Å². The van der Waals surface area contributed by atoms with Gasteiger partial charge in [-0.2, -0.15) is 0 Å². The van der Waals surface area contributed by atoms with Gasteiger partial charge in [0.05, 0.1) is 18.8 Å². The Morgan fingerprint density at radius 1 is 1.18 bits per heavy atom. The molecule has 7 rings (SSSR count). The van der Waals surface area contributed by atoms with E-state index in [1.165, 1.54) is 19.1 Å². The first-order valence-corrected chi connectivity index (χ1v) is 13.6. The summed E-state index contributed by atoms with van der Waals surface area (Å²) in [6, 6.07) is 0. The van der Waals surface area contributed by atoms with E-state index in [2.05, 4.69) is 6.08 Å². The maximum absolute atomic E-state index is 13.2. The summed E-state index contributed by atoms with van der Waals surface area (Å²) in [5.74, 6) is -1.56. The molecule has 0 aromatic rings. The van der Waals surface area contributed by atoms with Crippen molar-refractivity contribution in [3.8, 4) is 0 Å². The Hall–Kier alpha value is -2.33. The number of esters is 2. The molecule has 3 aliphatic carbocycles. The third kappa shape index (κ3) is 3.22. The summed E-state index contributed by atoms with van der Waals surface area (Å²) in [4.78, 5) is 38.8. The Balaban J connectivity index is 1.42. The molecule has 5 fully saturated rings. The van der Waals surface area contributed by atoms with E-state index in [0.717, 1.165) is 5.57 Å². The molecule has 206 valence electrons. The second-order valence-corrected chi connectivity index (χ2v) is 12.2. The summed E-state index contributed by atoms with van der Waals surface area (Å²) < 4.78 is 24.2. The van der Waals surface area contributed by atoms with E-state index in [4.69, 9.17) is 18.9 Å². The van der Waals surface area contributed by atoms with Crippen LogP contribution in [-0.4, -0.2) is 76.8 Å². The van der Waals surface area contributed by atoms with E-state index in [1.54, 1.807) is 6.08 Å². The van der Waals surface area contributed by atoms with E-state index >= 15 is 0 Å². The second-order valence-electron chi connectivity index (χ2n) is 12.2. The molecule has 8 bridgehead atoms. The third-order valence-corrected chi connectivity index (χ3v) is 10.8. The van der Waals surface area contributed by atoms with Gasteiger partial charge in [-0.3, -0.25) is 4.79 Å². The molecule has 2 N–H and O–H groups in total. The average Bonchev–Trinajstić information content (AvgIpc) is 3.02. The largest absolute Gasteiger partial charge is 0.462 e. The Labute approximate surface area is 221 Å². The lowest BCUT2D eigenvalue weighted by Gasteiger charge is -2.69. The van der Waals surface area contributed by atoms with Crippen LogP contribution in [0.5, 0.6) is 0 Å². The monoisotopic (exact) mass is 528 g/mol. The number of allylic oxidation sites excluding steroid dienone is 2. The summed E-state index contributed by atoms with van der Waals surface area (Å²) in [5.41, 5.74) is -2.95. The van der Waals surface area contributed by atoms with Gasteiger partial charge in [0, 0.05) is 35.3 Å². The van der Waals surface area contributed by atoms with Gasteiger partial charge < -0.3 is 29.2 Å². The molecule has 0 unspecified atom stereocenters. The lowest BCUT2D eigenvalue weighted by molar-refractivity contribution is -0.343. The number of rotatable bonds is 1. The Morgan fingerprint density at radius 3 is 2.74 bits per heavy atom. The van der Waals surface area contributed by atoms with Crippen LogP contribution in [0.2, 0.25) is 0 Å². The number of ketones is 1. The fourth-order valence-corrected chi connectivity index (χ4v) is 8.45. The molecule has 0 aromatic carbocycles. The molecule has 38 heavy (non-hydrogen) atoms. The van der Waals surface area contributed by atoms with Crippen molar-refractivity contribution in [1.29, 1.82) is 0 Å². The number of aliphatic hydroxyl groups is 2. The van der Waals surface area contributed by atoms with Crippen molar-refractivity contribution >= 4 is 17.7 Å². The van der Waals surface area contributed by atoms with Crippen molar-refractivity contribution in [3.63, 3.8) is 0 Å². The Bertz CT molecular complexity index is 1170. The molecule has 4 aliphatic heterocycles. The second kappa shape index (κ2) is 8.58. The maximum atomic E-state index is 13.2. The number of ether oxygens (including phenoxy) is 4. The lowest BCUT2D eigenvalue weighted by atomic mass is 9.42. The van der Waals surface area contributed by atoms with Crippen LogP contribution < -0.4 is 0 Å². The highest BCUT2D eigenvalue weighted by atomic mass is 16.6. The maximum Gasteiger partial charge on any atom is 0.330 e. The predicted molar refractivity (Wildman–Crippen MR) is 133 cm³/mol. The molecule has 3 saturated heterocycles. The molecule has 0 aromatic heterocycles. The number of hydrogen-bond acceptors (Lipinski definition) is 9. The lowest BCUT2D eigenvalue weighted by Crippen LogP contribution is -2.77. The van der Waals surface area contributed by atoms with Gasteiger partial charge >= 0.3 is 11.9 Å². The van der Waals surface area contributed by atoms with Crippen molar-refractivity contribution in [2.75, 3.05) is 13.2 Å². The van der Waals surface area contributed by atoms with E-state index in [1.807, 2.05) is 13.8 Å². The van der Waals surface area contributed by atoms with Gasteiger partial charge in [0.1, 0.15) is 24.4 Å². The fourth-order valence-electron chi connectivity index (χ4n) is 8.45. The first kappa shape index (κ1) is 25.9. The molecule has 0 radical (unpaired) electrons. The molecule has 2 saturated carbocycles. The topological polar surface area (TPSA) is 129 Å². The molecule has 4 heterocycles. The first-order chi connectivity index (χ1) is 18.0. The number of fused-ring (bicyclic) bond motifs is 2. The highest BCUT2D eigenvalue weighted by Crippen LogP contribution is 2.73. The smallest absolute Gasteiger partial charge is 0.330 e. The van der Waals surface area contributed by atoms with Gasteiger partial charge in [0.15, 0.2) is 11.4 Å². The normalized spacial score (nSPS) is 50.3. The molecule has 0 amide bonds. The summed E-state index contributed by atoms with van der Waals surface area (Å²) in [6.45, 7) is 5.47.